The van der Waals surface area contributed by atoms with Crippen LogP contribution in [0.4, 0.5) is 0 Å². The van der Waals surface area contributed by atoms with Gasteiger partial charge in [-0.15, -0.1) is 6.42 Å². The largest absolute Gasteiger partial charge is 0.115 e. The van der Waals surface area contributed by atoms with Gasteiger partial charge >= 0.3 is 0 Å². The van der Waals surface area contributed by atoms with Crippen molar-refractivity contribution < 1.29 is 0 Å². The average molecular weight is 477 g/mol. The van der Waals surface area contributed by atoms with Crippen LogP contribution in [0.5, 0.6) is 0 Å². The van der Waals surface area contributed by atoms with E-state index in [4.69, 9.17) is 6.42 Å². The van der Waals surface area contributed by atoms with Gasteiger partial charge in [-0.05, 0) is 84.9 Å². The predicted octanol–water partition coefficient (Wildman–Crippen LogP) is 7.77. The van der Waals surface area contributed by atoms with E-state index in [-0.39, 0.29) is 23.8 Å². The highest BCUT2D eigenvalue weighted by atomic mass is 31.1. The molecule has 0 fully saturated rings. The van der Waals surface area contributed by atoms with Gasteiger partial charge in [-0.3, -0.25) is 0 Å². The highest BCUT2D eigenvalue weighted by molar-refractivity contribution is 7.65. The van der Waals surface area contributed by atoms with Gasteiger partial charge in [-0.25, -0.2) is 0 Å². The third-order valence-electron chi connectivity index (χ3n) is 6.54. The maximum atomic E-state index is 5.78. The molecule has 0 nitrogen and oxygen atoms in total. The fourth-order valence-corrected chi connectivity index (χ4v) is 13.0. The van der Waals surface area contributed by atoms with Gasteiger partial charge in [0.25, 0.3) is 0 Å². The van der Waals surface area contributed by atoms with Crippen LogP contribution in [-0.2, 0) is 12.3 Å². The molecule has 0 saturated heterocycles. The van der Waals surface area contributed by atoms with Crippen molar-refractivity contribution in [2.24, 2.45) is 0 Å². The van der Waals surface area contributed by atoms with Gasteiger partial charge in [0, 0.05) is 11.7 Å². The van der Waals surface area contributed by atoms with Crippen LogP contribution in [0.15, 0.2) is 77.9 Å². The van der Waals surface area contributed by atoms with Crippen LogP contribution >= 0.6 is 23.8 Å². The van der Waals surface area contributed by atoms with Crippen molar-refractivity contribution in [3.05, 3.63) is 89.0 Å². The predicted molar refractivity (Wildman–Crippen MR) is 150 cm³/mol. The summed E-state index contributed by atoms with van der Waals surface area (Å²) < 4.78 is 0. The van der Waals surface area contributed by atoms with Crippen LogP contribution in [0.25, 0.3) is 0 Å². The zero-order valence-corrected chi connectivity index (χ0v) is 22.0. The number of fused-ring (bicyclic) bond motifs is 1. The Morgan fingerprint density at radius 2 is 1.44 bits per heavy atom. The lowest BCUT2D eigenvalue weighted by molar-refractivity contribution is 1.06. The van der Waals surface area contributed by atoms with Gasteiger partial charge in [0.15, 0.2) is 0 Å². The summed E-state index contributed by atoms with van der Waals surface area (Å²) in [6.45, 7) is 2.10. The van der Waals surface area contributed by atoms with Crippen molar-refractivity contribution >= 4 is 29.1 Å². The topological polar surface area (TPSA) is 0 Å². The molecule has 0 aromatic heterocycles. The molecule has 0 radical (unpaired) electrons. The molecule has 0 saturated carbocycles. The van der Waals surface area contributed by atoms with Gasteiger partial charge in [-0.2, -0.15) is 0 Å². The highest BCUT2D eigenvalue weighted by Gasteiger charge is 2.23. The quantitative estimate of drug-likeness (QED) is 0.243. The molecule has 3 heteroatoms. The number of hydrogen-bond donors (Lipinski definition) is 0. The van der Waals surface area contributed by atoms with E-state index in [1.807, 2.05) is 0 Å². The van der Waals surface area contributed by atoms with Crippen molar-refractivity contribution in [3.63, 3.8) is 0 Å². The standard InChI is InChI=1S/C29H35P3/c1-3-12-26-22-30(21-25(26)4-2)17-10-19-32(29-15-6-5-7-16-29)20-11-18-31-23-27-13-8-9-14-28(27)24-31/h2-3,5-9,12-16H,10-11,17-24H2,1H3/b12-3-. The molecule has 4 rings (SSSR count). The van der Waals surface area contributed by atoms with Crippen LogP contribution in [-0.4, -0.2) is 37.0 Å². The Bertz CT molecular complexity index is 958. The summed E-state index contributed by atoms with van der Waals surface area (Å²) in [7, 11) is 0.199. The van der Waals surface area contributed by atoms with E-state index >= 15 is 0 Å². The van der Waals surface area contributed by atoms with Crippen LogP contribution < -0.4 is 5.30 Å². The lowest BCUT2D eigenvalue weighted by Crippen LogP contribution is -2.08. The molecule has 2 aliphatic heterocycles. The fourth-order valence-electron chi connectivity index (χ4n) is 4.91. The molecule has 2 aromatic rings. The third-order valence-corrected chi connectivity index (χ3v) is 14.3. The Labute approximate surface area is 199 Å². The van der Waals surface area contributed by atoms with E-state index in [0.29, 0.717) is 0 Å². The van der Waals surface area contributed by atoms with Gasteiger partial charge in [0.1, 0.15) is 0 Å². The summed E-state index contributed by atoms with van der Waals surface area (Å²) in [6, 6.07) is 20.5. The molecule has 32 heavy (non-hydrogen) atoms. The first-order chi connectivity index (χ1) is 15.8. The molecule has 2 unspecified atom stereocenters. The normalized spacial score (nSPS) is 19.4. The van der Waals surface area contributed by atoms with Crippen molar-refractivity contribution in [2.45, 2.75) is 32.1 Å². The van der Waals surface area contributed by atoms with Crippen molar-refractivity contribution in [3.8, 4) is 12.3 Å². The molecule has 2 heterocycles. The fraction of sp³-hybridized carbons (Fsp3) is 0.379. The van der Waals surface area contributed by atoms with E-state index in [1.165, 1.54) is 73.3 Å². The number of terminal acetylenes is 1. The molecule has 0 bridgehead atoms. The van der Waals surface area contributed by atoms with Crippen molar-refractivity contribution in [1.82, 2.24) is 0 Å². The first kappa shape index (κ1) is 23.9. The maximum absolute atomic E-state index is 5.78. The number of rotatable bonds is 10. The molecule has 2 atom stereocenters. The molecule has 2 aliphatic rings. The summed E-state index contributed by atoms with van der Waals surface area (Å²) in [4.78, 5) is 0. The lowest BCUT2D eigenvalue weighted by atomic mass is 10.1. The minimum atomic E-state index is -0.0345. The first-order valence-corrected chi connectivity index (χ1v) is 17.4. The molecule has 2 aromatic carbocycles. The summed E-state index contributed by atoms with van der Waals surface area (Å²) >= 11 is 0. The molecule has 166 valence electrons. The highest BCUT2D eigenvalue weighted by Crippen LogP contribution is 2.52. The monoisotopic (exact) mass is 476 g/mol. The zero-order valence-electron chi connectivity index (χ0n) is 19.3. The smallest absolute Gasteiger partial charge is 0.00960 e. The third kappa shape index (κ3) is 6.42. The first-order valence-electron chi connectivity index (χ1n) is 11.9. The minimum absolute atomic E-state index is 0.0345. The zero-order chi connectivity index (χ0) is 22.2. The van der Waals surface area contributed by atoms with E-state index in [0.717, 1.165) is 0 Å². The van der Waals surface area contributed by atoms with Crippen molar-refractivity contribution in [1.29, 1.82) is 0 Å². The molecule has 0 aliphatic carbocycles. The second-order valence-corrected chi connectivity index (χ2v) is 16.2. The molecular weight excluding hydrogens is 441 g/mol. The second kappa shape index (κ2) is 12.3. The van der Waals surface area contributed by atoms with Crippen molar-refractivity contribution in [2.75, 3.05) is 37.0 Å². The summed E-state index contributed by atoms with van der Waals surface area (Å²) in [6.07, 6.45) is 23.7. The number of hydrogen-bond acceptors (Lipinski definition) is 0. The lowest BCUT2D eigenvalue weighted by Gasteiger charge is -2.20. The maximum Gasteiger partial charge on any atom is 0.00960 e. The summed E-state index contributed by atoms with van der Waals surface area (Å²) in [5.74, 6) is 2.97. The molecule has 0 spiro atoms. The number of allylic oxidation sites excluding steroid dienone is 4. The van der Waals surface area contributed by atoms with E-state index in [1.54, 1.807) is 16.4 Å². The average Bonchev–Trinajstić information content (AvgIpc) is 3.42. The van der Waals surface area contributed by atoms with E-state index in [2.05, 4.69) is 79.6 Å². The molecule has 0 N–H and O–H groups in total. The second-order valence-electron chi connectivity index (χ2n) is 8.87. The van der Waals surface area contributed by atoms with Gasteiger partial charge in [0.2, 0.25) is 0 Å². The van der Waals surface area contributed by atoms with Gasteiger partial charge < -0.3 is 0 Å². The van der Waals surface area contributed by atoms with Crippen LogP contribution in [0.1, 0.15) is 30.9 Å². The SMILES string of the molecule is C#CC1=C(/C=C\C)CP(CCCP(CCCP2Cc3ccccc3C2)c2ccccc2)C1. The minimum Gasteiger partial charge on any atom is -0.115 e. The van der Waals surface area contributed by atoms with Gasteiger partial charge in [0.05, 0.1) is 0 Å². The molecule has 0 amide bonds. The Kier molecular flexibility index (Phi) is 9.19. The van der Waals surface area contributed by atoms with Crippen LogP contribution in [0, 0.1) is 12.3 Å². The Morgan fingerprint density at radius 1 is 0.844 bits per heavy atom. The van der Waals surface area contributed by atoms with Crippen LogP contribution in [0.3, 0.4) is 0 Å². The Balaban J connectivity index is 1.26. The van der Waals surface area contributed by atoms with Crippen LogP contribution in [0.2, 0.25) is 0 Å². The van der Waals surface area contributed by atoms with E-state index < -0.39 is 0 Å². The Morgan fingerprint density at radius 3 is 2.03 bits per heavy atom. The Hall–Kier alpha value is -1.23. The summed E-state index contributed by atoms with van der Waals surface area (Å²) in [5.41, 5.74) is 5.96. The number of benzene rings is 2. The molecular formula is C29H35P3. The van der Waals surface area contributed by atoms with E-state index in [9.17, 15) is 0 Å². The summed E-state index contributed by atoms with van der Waals surface area (Å²) in [5, 5.41) is 1.61. The van der Waals surface area contributed by atoms with Gasteiger partial charge in [-0.1, -0.05) is 96.4 Å².